The van der Waals surface area contributed by atoms with Gasteiger partial charge in [0.2, 0.25) is 0 Å². The third-order valence-corrected chi connectivity index (χ3v) is 8.01. The second kappa shape index (κ2) is 12.7. The fourth-order valence-corrected chi connectivity index (χ4v) is 6.01. The number of pyridine rings is 1. The summed E-state index contributed by atoms with van der Waals surface area (Å²) in [5.41, 5.74) is 0.912. The lowest BCUT2D eigenvalue weighted by molar-refractivity contribution is -0.142. The molecule has 1 fully saturated rings. The predicted molar refractivity (Wildman–Crippen MR) is 147 cm³/mol. The number of aromatic nitrogens is 5. The molecule has 1 amide bonds. The molecule has 1 aromatic carbocycles. The van der Waals surface area contributed by atoms with E-state index in [1.807, 2.05) is 0 Å². The summed E-state index contributed by atoms with van der Waals surface area (Å²) in [6.07, 6.45) is 3.15. The van der Waals surface area contributed by atoms with Crippen molar-refractivity contribution in [3.8, 4) is 5.75 Å². The van der Waals surface area contributed by atoms with Crippen LogP contribution < -0.4 is 14.9 Å². The minimum atomic E-state index is -4.25. The molecule has 16 heteroatoms. The van der Waals surface area contributed by atoms with Crippen LogP contribution in [0, 0.1) is 0 Å². The van der Waals surface area contributed by atoms with Crippen LogP contribution in [0.25, 0.3) is 11.2 Å². The third kappa shape index (κ3) is 6.45. The molecule has 3 aromatic heterocycles. The molecule has 5 rings (SSSR count). The number of hydrogen-bond acceptors (Lipinski definition) is 12. The van der Waals surface area contributed by atoms with Crippen LogP contribution in [0.4, 0.5) is 5.82 Å². The molecule has 3 N–H and O–H groups in total. The van der Waals surface area contributed by atoms with Gasteiger partial charge in [0.05, 0.1) is 26.1 Å². The second-order valence-corrected chi connectivity index (χ2v) is 10.9. The third-order valence-electron chi connectivity index (χ3n) is 6.31. The number of hydrogen-bond donors (Lipinski definition) is 3. The van der Waals surface area contributed by atoms with Crippen LogP contribution in [-0.4, -0.2) is 73.5 Å². The summed E-state index contributed by atoms with van der Waals surface area (Å²) < 4.78 is 38.2. The van der Waals surface area contributed by atoms with E-state index in [1.54, 1.807) is 42.5 Å². The highest BCUT2D eigenvalue weighted by Crippen LogP contribution is 2.50. The van der Waals surface area contributed by atoms with Crippen LogP contribution in [0.1, 0.15) is 29.9 Å². The summed E-state index contributed by atoms with van der Waals surface area (Å²) in [5.74, 6) is -0.714. The van der Waals surface area contributed by atoms with Gasteiger partial charge in [0.15, 0.2) is 23.2 Å². The van der Waals surface area contributed by atoms with Crippen LogP contribution in [-0.2, 0) is 23.4 Å². The number of carbonyl (C=O) groups excluding carboxylic acids is 2. The van der Waals surface area contributed by atoms with Gasteiger partial charge in [-0.05, 0) is 31.2 Å². The zero-order valence-electron chi connectivity index (χ0n) is 22.6. The summed E-state index contributed by atoms with van der Waals surface area (Å²) in [5, 5.41) is 15.2. The predicted octanol–water partition coefficient (Wildman–Crippen LogP) is 2.48. The Morgan fingerprint density at radius 2 is 1.93 bits per heavy atom. The van der Waals surface area contributed by atoms with Crippen LogP contribution >= 0.6 is 7.75 Å². The van der Waals surface area contributed by atoms with E-state index >= 15 is 0 Å². The SMILES string of the molecule is COC(=O)C(C)NP(=O)(Oc1ccccc1)OC1C[C@@H](CO)O[C@H]1n1cnc2c(NC(=O)c3ccncc3)ncnc21. The number of nitrogens with zero attached hydrogens (tertiary/aromatic N) is 5. The summed E-state index contributed by atoms with van der Waals surface area (Å²) >= 11 is 0. The van der Waals surface area contributed by atoms with Crippen molar-refractivity contribution in [1.29, 1.82) is 0 Å². The van der Waals surface area contributed by atoms with Crippen LogP contribution in [0.5, 0.6) is 5.75 Å². The Balaban J connectivity index is 1.45. The minimum Gasteiger partial charge on any atom is -0.468 e. The van der Waals surface area contributed by atoms with E-state index in [0.717, 1.165) is 0 Å². The average Bonchev–Trinajstić information content (AvgIpc) is 3.61. The van der Waals surface area contributed by atoms with Crippen LogP contribution in [0.2, 0.25) is 0 Å². The van der Waals surface area contributed by atoms with E-state index in [2.05, 4.69) is 30.3 Å². The zero-order valence-corrected chi connectivity index (χ0v) is 23.5. The normalized spacial score (nSPS) is 20.5. The first-order chi connectivity index (χ1) is 20.3. The van der Waals surface area contributed by atoms with Gasteiger partial charge in [-0.3, -0.25) is 23.7 Å². The lowest BCUT2D eigenvalue weighted by Gasteiger charge is -2.27. The maximum absolute atomic E-state index is 14.1. The maximum Gasteiger partial charge on any atom is 0.459 e. The number of para-hydroxylation sites is 1. The topological polar surface area (TPSA) is 189 Å². The Morgan fingerprint density at radius 1 is 1.17 bits per heavy atom. The Bertz CT molecular complexity index is 1590. The van der Waals surface area contributed by atoms with Gasteiger partial charge in [-0.25, -0.2) is 19.5 Å². The molecule has 4 heterocycles. The molecular weight excluding hydrogens is 569 g/mol. The summed E-state index contributed by atoms with van der Waals surface area (Å²) in [6.45, 7) is 1.11. The number of benzene rings is 1. The van der Waals surface area contributed by atoms with Crippen LogP contribution in [0.3, 0.4) is 0 Å². The molecule has 0 aliphatic carbocycles. The standard InChI is InChI=1S/C26H28N7O8P/c1-16(26(36)38-2)32-42(37,40-18-6-4-3-5-7-18)41-20-12-19(13-34)39-25(20)33-15-30-21-22(28-14-29-23(21)33)31-24(35)17-8-10-27-11-9-17/h3-11,14-16,19-20,25,34H,12-13H2,1-2H3,(H,32,37)(H,28,29,31,35)/t16?,19-,20?,25+,42?/m0/s1. The monoisotopic (exact) mass is 597 g/mol. The highest BCUT2D eigenvalue weighted by molar-refractivity contribution is 7.52. The summed E-state index contributed by atoms with van der Waals surface area (Å²) in [6, 6.07) is 10.4. The van der Waals surface area contributed by atoms with Crippen molar-refractivity contribution in [1.82, 2.24) is 29.6 Å². The van der Waals surface area contributed by atoms with E-state index in [9.17, 15) is 19.3 Å². The molecule has 42 heavy (non-hydrogen) atoms. The molecule has 1 aliphatic heterocycles. The number of carbonyl (C=O) groups is 2. The molecule has 220 valence electrons. The van der Waals surface area contributed by atoms with Crippen molar-refractivity contribution >= 4 is 36.6 Å². The number of imidazole rings is 1. The Hall–Kier alpha value is -4.27. The van der Waals surface area contributed by atoms with E-state index in [-0.39, 0.29) is 35.8 Å². The minimum absolute atomic E-state index is 0.119. The highest BCUT2D eigenvalue weighted by atomic mass is 31.2. The largest absolute Gasteiger partial charge is 0.468 e. The molecule has 4 aromatic rings. The number of rotatable bonds is 11. The van der Waals surface area contributed by atoms with Gasteiger partial charge in [-0.2, -0.15) is 5.09 Å². The zero-order chi connectivity index (χ0) is 29.7. The first-order valence-corrected chi connectivity index (χ1v) is 14.4. The Kier molecular flexibility index (Phi) is 8.85. The molecular formula is C26H28N7O8P. The number of aliphatic hydroxyl groups excluding tert-OH is 1. The van der Waals surface area contributed by atoms with Crippen molar-refractivity contribution in [2.24, 2.45) is 0 Å². The van der Waals surface area contributed by atoms with Crippen molar-refractivity contribution in [2.45, 2.75) is 37.8 Å². The number of ether oxygens (including phenoxy) is 2. The molecule has 1 saturated heterocycles. The number of aliphatic hydroxyl groups is 1. The molecule has 0 bridgehead atoms. The van der Waals surface area contributed by atoms with Gasteiger partial charge in [0.1, 0.15) is 24.2 Å². The molecule has 5 atom stereocenters. The Labute approximate surface area is 239 Å². The van der Waals surface area contributed by atoms with E-state index in [0.29, 0.717) is 5.56 Å². The maximum atomic E-state index is 14.1. The van der Waals surface area contributed by atoms with Crippen molar-refractivity contribution < 1.29 is 37.8 Å². The van der Waals surface area contributed by atoms with Gasteiger partial charge in [0, 0.05) is 24.4 Å². The summed E-state index contributed by atoms with van der Waals surface area (Å²) in [4.78, 5) is 41.6. The molecule has 0 radical (unpaired) electrons. The molecule has 1 aliphatic rings. The fourth-order valence-electron chi connectivity index (χ4n) is 4.33. The van der Waals surface area contributed by atoms with E-state index in [4.69, 9.17) is 18.5 Å². The summed E-state index contributed by atoms with van der Waals surface area (Å²) in [7, 11) is -3.05. The number of anilines is 1. The van der Waals surface area contributed by atoms with E-state index < -0.39 is 44.1 Å². The number of amides is 1. The molecule has 15 nitrogen and oxygen atoms in total. The second-order valence-electron chi connectivity index (χ2n) is 9.22. The quantitative estimate of drug-likeness (QED) is 0.169. The average molecular weight is 598 g/mol. The van der Waals surface area contributed by atoms with Crippen LogP contribution in [0.15, 0.2) is 67.5 Å². The highest BCUT2D eigenvalue weighted by Gasteiger charge is 2.44. The molecule has 0 saturated carbocycles. The Morgan fingerprint density at radius 3 is 2.64 bits per heavy atom. The van der Waals surface area contributed by atoms with E-state index in [1.165, 1.54) is 43.6 Å². The van der Waals surface area contributed by atoms with Crippen molar-refractivity contribution in [2.75, 3.05) is 19.0 Å². The number of fused-ring (bicyclic) bond motifs is 1. The van der Waals surface area contributed by atoms with Gasteiger partial charge in [-0.1, -0.05) is 18.2 Å². The lowest BCUT2D eigenvalue weighted by atomic mass is 10.2. The van der Waals surface area contributed by atoms with Gasteiger partial charge in [0.25, 0.3) is 5.91 Å². The lowest BCUT2D eigenvalue weighted by Crippen LogP contribution is -2.36. The molecule has 3 unspecified atom stereocenters. The van der Waals surface area contributed by atoms with Crippen molar-refractivity contribution in [3.63, 3.8) is 0 Å². The molecule has 0 spiro atoms. The van der Waals surface area contributed by atoms with Gasteiger partial charge < -0.3 is 24.4 Å². The van der Waals surface area contributed by atoms with Gasteiger partial charge >= 0.3 is 13.7 Å². The van der Waals surface area contributed by atoms with Gasteiger partial charge in [-0.15, -0.1) is 0 Å². The number of nitrogens with one attached hydrogen (secondary N) is 2. The van der Waals surface area contributed by atoms with Crippen molar-refractivity contribution in [3.05, 3.63) is 73.1 Å². The number of esters is 1. The smallest absolute Gasteiger partial charge is 0.459 e. The first-order valence-electron chi connectivity index (χ1n) is 12.8. The number of methoxy groups -OCH3 is 1. The first kappa shape index (κ1) is 29.2. The fraction of sp³-hybridized carbons (Fsp3) is 0.308.